The number of nitrogens with zero attached hydrogens (tertiary/aromatic N) is 3. The fourth-order valence-corrected chi connectivity index (χ4v) is 4.29. The molecule has 2 aromatic heterocycles. The molecule has 1 aliphatic rings. The number of nitrogens with one attached hydrogen (secondary N) is 1. The standard InChI is InChI=1S/C26H25FN4O2/c27-22-8-5-19(6-9-22)21-7-10-25-29-24(17-31(25)15-21)26(33)28-13-23(32)16-30-12-11-18-3-1-2-4-20(18)14-30/h1-10,15,17,23,32H,11-14,16H2,(H,28,33). The Morgan fingerprint density at radius 3 is 2.61 bits per heavy atom. The van der Waals surface area contributed by atoms with E-state index in [2.05, 4.69) is 33.4 Å². The summed E-state index contributed by atoms with van der Waals surface area (Å²) in [7, 11) is 0. The van der Waals surface area contributed by atoms with Crippen LogP contribution in [-0.2, 0) is 13.0 Å². The fraction of sp³-hybridized carbons (Fsp3) is 0.231. The molecule has 33 heavy (non-hydrogen) atoms. The van der Waals surface area contributed by atoms with Crippen molar-refractivity contribution in [2.75, 3.05) is 19.6 Å². The van der Waals surface area contributed by atoms with Crippen LogP contribution in [0, 0.1) is 5.82 Å². The van der Waals surface area contributed by atoms with Gasteiger partial charge in [0.1, 0.15) is 17.2 Å². The summed E-state index contributed by atoms with van der Waals surface area (Å²) >= 11 is 0. The first-order valence-electron chi connectivity index (χ1n) is 11.1. The van der Waals surface area contributed by atoms with Crippen molar-refractivity contribution in [1.29, 1.82) is 0 Å². The average molecular weight is 445 g/mol. The molecule has 1 aliphatic heterocycles. The number of aromatic nitrogens is 2. The SMILES string of the molecule is O=C(NCC(O)CN1CCc2ccccc2C1)c1cn2cc(-c3ccc(F)cc3)ccc2n1. The number of imidazole rings is 1. The number of hydrogen-bond donors (Lipinski definition) is 2. The smallest absolute Gasteiger partial charge is 0.271 e. The van der Waals surface area contributed by atoms with Crippen molar-refractivity contribution in [2.45, 2.75) is 19.1 Å². The number of fused-ring (bicyclic) bond motifs is 2. The first-order chi connectivity index (χ1) is 16.0. The highest BCUT2D eigenvalue weighted by molar-refractivity contribution is 5.92. The van der Waals surface area contributed by atoms with E-state index in [1.54, 1.807) is 22.7 Å². The fourth-order valence-electron chi connectivity index (χ4n) is 4.29. The van der Waals surface area contributed by atoms with Crippen LogP contribution < -0.4 is 5.32 Å². The van der Waals surface area contributed by atoms with Gasteiger partial charge in [0.25, 0.3) is 5.91 Å². The molecular weight excluding hydrogens is 419 g/mol. The van der Waals surface area contributed by atoms with Gasteiger partial charge in [-0.05, 0) is 52.9 Å². The number of hydrogen-bond acceptors (Lipinski definition) is 4. The Morgan fingerprint density at radius 1 is 1.03 bits per heavy atom. The Kier molecular flexibility index (Phi) is 5.90. The lowest BCUT2D eigenvalue weighted by Gasteiger charge is -2.30. The van der Waals surface area contributed by atoms with Crippen molar-refractivity contribution in [3.05, 3.63) is 95.7 Å². The van der Waals surface area contributed by atoms with Gasteiger partial charge in [0.05, 0.1) is 6.10 Å². The number of carbonyl (C=O) groups excluding carboxylic acids is 1. The molecule has 0 radical (unpaired) electrons. The second-order valence-corrected chi connectivity index (χ2v) is 8.43. The number of aliphatic hydroxyl groups is 1. The highest BCUT2D eigenvalue weighted by Gasteiger charge is 2.19. The highest BCUT2D eigenvalue weighted by Crippen LogP contribution is 2.21. The van der Waals surface area contributed by atoms with E-state index >= 15 is 0 Å². The number of aliphatic hydroxyl groups excluding tert-OH is 1. The number of amides is 1. The van der Waals surface area contributed by atoms with Crippen LogP contribution in [-0.4, -0.2) is 51.0 Å². The van der Waals surface area contributed by atoms with E-state index in [9.17, 15) is 14.3 Å². The van der Waals surface area contributed by atoms with E-state index < -0.39 is 6.10 Å². The third-order valence-corrected chi connectivity index (χ3v) is 6.04. The third kappa shape index (κ3) is 4.79. The van der Waals surface area contributed by atoms with E-state index in [1.165, 1.54) is 23.3 Å². The maximum Gasteiger partial charge on any atom is 0.271 e. The molecule has 0 saturated carbocycles. The number of benzene rings is 2. The van der Waals surface area contributed by atoms with Crippen LogP contribution in [0.5, 0.6) is 0 Å². The van der Waals surface area contributed by atoms with Crippen molar-refractivity contribution in [1.82, 2.24) is 19.6 Å². The molecular formula is C26H25FN4O2. The van der Waals surface area contributed by atoms with Gasteiger partial charge in [-0.15, -0.1) is 0 Å². The summed E-state index contributed by atoms with van der Waals surface area (Å²) in [6.45, 7) is 2.36. The first kappa shape index (κ1) is 21.3. The second-order valence-electron chi connectivity index (χ2n) is 8.43. The van der Waals surface area contributed by atoms with E-state index in [4.69, 9.17) is 0 Å². The summed E-state index contributed by atoms with van der Waals surface area (Å²) in [4.78, 5) is 19.2. The lowest BCUT2D eigenvalue weighted by molar-refractivity contribution is 0.0838. The highest BCUT2D eigenvalue weighted by atomic mass is 19.1. The van der Waals surface area contributed by atoms with Gasteiger partial charge in [-0.2, -0.15) is 0 Å². The van der Waals surface area contributed by atoms with Gasteiger partial charge < -0.3 is 14.8 Å². The number of pyridine rings is 1. The van der Waals surface area contributed by atoms with E-state index in [-0.39, 0.29) is 24.0 Å². The molecule has 1 atom stereocenters. The van der Waals surface area contributed by atoms with Crippen LogP contribution in [0.2, 0.25) is 0 Å². The molecule has 0 aliphatic carbocycles. The maximum atomic E-state index is 13.2. The minimum absolute atomic E-state index is 0.158. The van der Waals surface area contributed by atoms with Gasteiger partial charge >= 0.3 is 0 Å². The van der Waals surface area contributed by atoms with Crippen molar-refractivity contribution in [2.24, 2.45) is 0 Å². The van der Waals surface area contributed by atoms with Gasteiger partial charge in [-0.3, -0.25) is 9.69 Å². The summed E-state index contributed by atoms with van der Waals surface area (Å²) in [6.07, 6.45) is 3.82. The zero-order valence-electron chi connectivity index (χ0n) is 18.1. The molecule has 5 rings (SSSR count). The molecule has 0 bridgehead atoms. The average Bonchev–Trinajstić information content (AvgIpc) is 3.26. The third-order valence-electron chi connectivity index (χ3n) is 6.04. The molecule has 0 spiro atoms. The van der Waals surface area contributed by atoms with Crippen molar-refractivity contribution in [3.63, 3.8) is 0 Å². The topological polar surface area (TPSA) is 69.9 Å². The van der Waals surface area contributed by atoms with Gasteiger partial charge in [0.2, 0.25) is 0 Å². The summed E-state index contributed by atoms with van der Waals surface area (Å²) in [5, 5.41) is 13.2. The van der Waals surface area contributed by atoms with Crippen LogP contribution in [0.15, 0.2) is 73.1 Å². The van der Waals surface area contributed by atoms with Gasteiger partial charge in [-0.25, -0.2) is 9.37 Å². The second kappa shape index (κ2) is 9.13. The van der Waals surface area contributed by atoms with Gasteiger partial charge in [-0.1, -0.05) is 36.4 Å². The molecule has 168 valence electrons. The minimum Gasteiger partial charge on any atom is -0.390 e. The summed E-state index contributed by atoms with van der Waals surface area (Å²) in [5.41, 5.74) is 5.35. The molecule has 2 N–H and O–H groups in total. The maximum absolute atomic E-state index is 13.2. The minimum atomic E-state index is -0.665. The van der Waals surface area contributed by atoms with Crippen LogP contribution in [0.1, 0.15) is 21.6 Å². The molecule has 0 fully saturated rings. The van der Waals surface area contributed by atoms with Crippen molar-refractivity contribution < 1.29 is 14.3 Å². The number of rotatable bonds is 6. The Morgan fingerprint density at radius 2 is 1.79 bits per heavy atom. The summed E-state index contributed by atoms with van der Waals surface area (Å²) < 4.78 is 15.0. The van der Waals surface area contributed by atoms with Crippen LogP contribution >= 0.6 is 0 Å². The summed E-state index contributed by atoms with van der Waals surface area (Å²) in [6, 6.07) is 18.3. The number of carbonyl (C=O) groups is 1. The molecule has 1 unspecified atom stereocenters. The van der Waals surface area contributed by atoms with Gasteiger partial charge in [0.15, 0.2) is 0 Å². The molecule has 2 aromatic carbocycles. The van der Waals surface area contributed by atoms with E-state index in [1.807, 2.05) is 24.4 Å². The lowest BCUT2D eigenvalue weighted by atomic mass is 10.00. The Bertz CT molecular complexity index is 1290. The normalized spacial score (nSPS) is 14.7. The molecule has 0 saturated heterocycles. The lowest BCUT2D eigenvalue weighted by Crippen LogP contribution is -2.42. The molecule has 3 heterocycles. The van der Waals surface area contributed by atoms with Gasteiger partial charge in [0, 0.05) is 38.6 Å². The van der Waals surface area contributed by atoms with Crippen LogP contribution in [0.25, 0.3) is 16.8 Å². The Balaban J connectivity index is 1.19. The zero-order chi connectivity index (χ0) is 22.8. The first-order valence-corrected chi connectivity index (χ1v) is 11.1. The quantitative estimate of drug-likeness (QED) is 0.479. The Labute approximate surface area is 191 Å². The predicted octanol–water partition coefficient (Wildman–Crippen LogP) is 3.29. The largest absolute Gasteiger partial charge is 0.390 e. The van der Waals surface area contributed by atoms with Crippen LogP contribution in [0.3, 0.4) is 0 Å². The Hall–Kier alpha value is -3.55. The molecule has 4 aromatic rings. The van der Waals surface area contributed by atoms with E-state index in [0.717, 1.165) is 30.6 Å². The predicted molar refractivity (Wildman–Crippen MR) is 124 cm³/mol. The monoisotopic (exact) mass is 444 g/mol. The zero-order valence-corrected chi connectivity index (χ0v) is 18.1. The number of β-amino-alcohol motifs (C(OH)–C–C–N with tert-alkyl or cyclic N) is 1. The van der Waals surface area contributed by atoms with E-state index in [0.29, 0.717) is 12.2 Å². The number of halogens is 1. The van der Waals surface area contributed by atoms with Crippen molar-refractivity contribution in [3.8, 4) is 11.1 Å². The van der Waals surface area contributed by atoms with Crippen LogP contribution in [0.4, 0.5) is 4.39 Å². The summed E-state index contributed by atoms with van der Waals surface area (Å²) in [5.74, 6) is -0.612. The molecule has 7 heteroatoms. The van der Waals surface area contributed by atoms with Crippen molar-refractivity contribution >= 4 is 11.6 Å². The molecule has 6 nitrogen and oxygen atoms in total. The molecule has 1 amide bonds.